The number of para-hydroxylation sites is 1. The summed E-state index contributed by atoms with van der Waals surface area (Å²) in [5, 5.41) is 2.80. The highest BCUT2D eigenvalue weighted by atomic mass is 79.9. The molecule has 0 unspecified atom stereocenters. The van der Waals surface area contributed by atoms with Gasteiger partial charge in [0.05, 0.1) is 16.8 Å². The minimum atomic E-state index is -0.249. The van der Waals surface area contributed by atoms with Crippen molar-refractivity contribution in [2.24, 2.45) is 4.99 Å². The quantitative estimate of drug-likeness (QED) is 0.388. The maximum Gasteiger partial charge on any atom is 0.262 e. The van der Waals surface area contributed by atoms with Crippen LogP contribution < -0.4 is 14.8 Å². The molecule has 0 atom stereocenters. The molecule has 0 aliphatic heterocycles. The van der Waals surface area contributed by atoms with Gasteiger partial charge in [0.15, 0.2) is 18.1 Å². The lowest BCUT2D eigenvalue weighted by Gasteiger charge is -2.14. The third-order valence-corrected chi connectivity index (χ3v) is 5.25. The second kappa shape index (κ2) is 10.8. The van der Waals surface area contributed by atoms with E-state index in [2.05, 4.69) is 46.2 Å². The number of halogens is 1. The molecule has 0 radical (unpaired) electrons. The highest BCUT2D eigenvalue weighted by Gasteiger charge is 2.14. The lowest BCUT2D eigenvalue weighted by Crippen LogP contribution is -2.20. The Morgan fingerprint density at radius 2 is 1.84 bits per heavy atom. The summed E-state index contributed by atoms with van der Waals surface area (Å²) in [6.07, 6.45) is 1.79. The van der Waals surface area contributed by atoms with E-state index in [9.17, 15) is 4.79 Å². The van der Waals surface area contributed by atoms with Crippen molar-refractivity contribution in [1.82, 2.24) is 0 Å². The first-order valence-corrected chi connectivity index (χ1v) is 10.8. The van der Waals surface area contributed by atoms with E-state index in [-0.39, 0.29) is 12.5 Å². The van der Waals surface area contributed by atoms with Crippen molar-refractivity contribution >= 4 is 39.4 Å². The zero-order valence-electron chi connectivity index (χ0n) is 17.8. The number of aliphatic imine (C=N–C) groups is 1. The number of amides is 1. The maximum absolute atomic E-state index is 12.2. The summed E-state index contributed by atoms with van der Waals surface area (Å²) in [5.41, 5.74) is 4.85. The molecule has 3 aromatic rings. The van der Waals surface area contributed by atoms with Gasteiger partial charge in [0.2, 0.25) is 0 Å². The molecule has 3 rings (SSSR count). The molecular formula is C25H25BrN2O3. The van der Waals surface area contributed by atoms with Gasteiger partial charge in [0.25, 0.3) is 5.91 Å². The topological polar surface area (TPSA) is 59.9 Å². The lowest BCUT2D eigenvalue weighted by molar-refractivity contribution is -0.118. The van der Waals surface area contributed by atoms with Crippen molar-refractivity contribution in [2.75, 3.05) is 18.5 Å². The third kappa shape index (κ3) is 6.18. The van der Waals surface area contributed by atoms with Crippen molar-refractivity contribution in [1.29, 1.82) is 0 Å². The van der Waals surface area contributed by atoms with Gasteiger partial charge in [0, 0.05) is 11.9 Å². The fourth-order valence-corrected chi connectivity index (χ4v) is 3.52. The van der Waals surface area contributed by atoms with Crippen LogP contribution >= 0.6 is 15.9 Å². The van der Waals surface area contributed by atoms with E-state index < -0.39 is 0 Å². The molecule has 31 heavy (non-hydrogen) atoms. The predicted octanol–water partition coefficient (Wildman–Crippen LogP) is 6.23. The highest BCUT2D eigenvalue weighted by molar-refractivity contribution is 9.10. The van der Waals surface area contributed by atoms with Gasteiger partial charge in [-0.2, -0.15) is 0 Å². The molecule has 0 saturated heterocycles. The number of benzene rings is 3. The van der Waals surface area contributed by atoms with Crippen LogP contribution in [0, 0.1) is 13.8 Å². The average Bonchev–Trinajstić information content (AvgIpc) is 2.75. The first-order valence-electron chi connectivity index (χ1n) is 10.0. The monoisotopic (exact) mass is 480 g/mol. The first-order chi connectivity index (χ1) is 15.0. The number of rotatable bonds is 8. The summed E-state index contributed by atoms with van der Waals surface area (Å²) >= 11 is 3.54. The number of carbonyl (C=O) groups is 1. The number of hydrogen-bond acceptors (Lipinski definition) is 4. The molecule has 0 spiro atoms. The Morgan fingerprint density at radius 1 is 1.06 bits per heavy atom. The molecule has 0 fully saturated rings. The van der Waals surface area contributed by atoms with E-state index >= 15 is 0 Å². The molecule has 0 aromatic heterocycles. The molecular weight excluding hydrogens is 456 g/mol. The summed E-state index contributed by atoms with van der Waals surface area (Å²) in [6.45, 7) is 6.36. The van der Waals surface area contributed by atoms with Crippen LogP contribution in [-0.4, -0.2) is 25.3 Å². The minimum Gasteiger partial charge on any atom is -0.490 e. The molecule has 0 heterocycles. The fraction of sp³-hybridized carbons (Fsp3) is 0.200. The third-order valence-electron chi connectivity index (χ3n) is 4.67. The largest absolute Gasteiger partial charge is 0.490 e. The molecule has 1 amide bonds. The summed E-state index contributed by atoms with van der Waals surface area (Å²) in [7, 11) is 0. The Hall–Kier alpha value is -3.12. The molecule has 0 aliphatic carbocycles. The van der Waals surface area contributed by atoms with Gasteiger partial charge >= 0.3 is 0 Å². The fourth-order valence-electron chi connectivity index (χ4n) is 2.94. The van der Waals surface area contributed by atoms with E-state index in [4.69, 9.17) is 9.47 Å². The van der Waals surface area contributed by atoms with E-state index in [1.165, 1.54) is 5.56 Å². The number of nitrogens with one attached hydrogen (secondary N) is 1. The van der Waals surface area contributed by atoms with Crippen LogP contribution in [0.5, 0.6) is 11.5 Å². The number of hydrogen-bond donors (Lipinski definition) is 1. The van der Waals surface area contributed by atoms with Crippen molar-refractivity contribution < 1.29 is 14.3 Å². The van der Waals surface area contributed by atoms with Crippen LogP contribution in [0.15, 0.2) is 70.1 Å². The van der Waals surface area contributed by atoms with E-state index in [1.54, 1.807) is 6.21 Å². The lowest BCUT2D eigenvalue weighted by atomic mass is 10.1. The Bertz CT molecular complexity index is 1080. The highest BCUT2D eigenvalue weighted by Crippen LogP contribution is 2.37. The van der Waals surface area contributed by atoms with Gasteiger partial charge in [-0.05, 0) is 83.7 Å². The molecule has 5 nitrogen and oxygen atoms in total. The number of ether oxygens (including phenoxy) is 2. The zero-order valence-corrected chi connectivity index (χ0v) is 19.4. The van der Waals surface area contributed by atoms with Gasteiger partial charge in [-0.15, -0.1) is 0 Å². The number of nitrogens with zero attached hydrogens (tertiary/aromatic N) is 1. The van der Waals surface area contributed by atoms with Crippen molar-refractivity contribution in [2.45, 2.75) is 20.8 Å². The Labute approximate surface area is 191 Å². The number of aryl methyl sites for hydroxylation is 1. The standard InChI is InChI=1S/C25H25BrN2O3/c1-4-30-23-14-19(15-27-22-12-8-9-17(2)18(22)3)13-21(26)25(23)31-16-24(29)28-20-10-6-5-7-11-20/h5-15H,4,16H2,1-3H3,(H,28,29). The zero-order chi connectivity index (χ0) is 22.2. The Morgan fingerprint density at radius 3 is 2.58 bits per heavy atom. The number of anilines is 1. The SMILES string of the molecule is CCOc1cc(C=Nc2cccc(C)c2C)cc(Br)c1OCC(=O)Nc1ccccc1. The average molecular weight is 481 g/mol. The summed E-state index contributed by atoms with van der Waals surface area (Å²) < 4.78 is 12.2. The van der Waals surface area contributed by atoms with Crippen LogP contribution in [0.1, 0.15) is 23.6 Å². The molecule has 0 saturated carbocycles. The van der Waals surface area contributed by atoms with Crippen LogP contribution in [0.25, 0.3) is 0 Å². The van der Waals surface area contributed by atoms with Gasteiger partial charge < -0.3 is 14.8 Å². The van der Waals surface area contributed by atoms with E-state index in [0.29, 0.717) is 22.6 Å². The van der Waals surface area contributed by atoms with Gasteiger partial charge in [0.1, 0.15) is 0 Å². The van der Waals surface area contributed by atoms with Gasteiger partial charge in [-0.3, -0.25) is 9.79 Å². The van der Waals surface area contributed by atoms with Crippen LogP contribution in [0.2, 0.25) is 0 Å². The minimum absolute atomic E-state index is 0.135. The Balaban J connectivity index is 1.76. The Kier molecular flexibility index (Phi) is 7.84. The summed E-state index contributed by atoms with van der Waals surface area (Å²) in [4.78, 5) is 16.9. The van der Waals surface area contributed by atoms with Crippen LogP contribution in [-0.2, 0) is 4.79 Å². The molecule has 1 N–H and O–H groups in total. The maximum atomic E-state index is 12.2. The van der Waals surface area contributed by atoms with Crippen molar-refractivity contribution in [3.8, 4) is 11.5 Å². The molecule has 3 aromatic carbocycles. The number of carbonyl (C=O) groups excluding carboxylic acids is 1. The van der Waals surface area contributed by atoms with Crippen LogP contribution in [0.4, 0.5) is 11.4 Å². The second-order valence-corrected chi connectivity index (χ2v) is 7.80. The van der Waals surface area contributed by atoms with Gasteiger partial charge in [-0.1, -0.05) is 30.3 Å². The molecule has 0 aliphatic rings. The molecule has 160 valence electrons. The summed E-state index contributed by atoms with van der Waals surface area (Å²) in [6, 6.07) is 19.1. The predicted molar refractivity (Wildman–Crippen MR) is 129 cm³/mol. The normalized spacial score (nSPS) is 10.8. The van der Waals surface area contributed by atoms with Crippen molar-refractivity contribution in [3.63, 3.8) is 0 Å². The van der Waals surface area contributed by atoms with Crippen LogP contribution in [0.3, 0.4) is 0 Å². The second-order valence-electron chi connectivity index (χ2n) is 6.94. The smallest absolute Gasteiger partial charge is 0.262 e. The van der Waals surface area contributed by atoms with Gasteiger partial charge in [-0.25, -0.2) is 0 Å². The van der Waals surface area contributed by atoms with E-state index in [0.717, 1.165) is 22.5 Å². The van der Waals surface area contributed by atoms with E-state index in [1.807, 2.05) is 61.5 Å². The molecule has 6 heteroatoms. The summed E-state index contributed by atoms with van der Waals surface area (Å²) in [5.74, 6) is 0.779. The first kappa shape index (κ1) is 22.6. The van der Waals surface area contributed by atoms with Crippen molar-refractivity contribution in [3.05, 3.63) is 81.8 Å². The molecule has 0 bridgehead atoms.